The monoisotopic (exact) mass is 1000 g/mol. The van der Waals surface area contributed by atoms with Gasteiger partial charge in [0.1, 0.15) is 5.82 Å². The third kappa shape index (κ3) is 6.81. The second kappa shape index (κ2) is 16.5. The van der Waals surface area contributed by atoms with Crippen molar-refractivity contribution in [2.75, 3.05) is 0 Å². The Balaban J connectivity index is 0.00000484. The minimum atomic E-state index is -0.805. The molecule has 64 heavy (non-hydrogen) atoms. The van der Waals surface area contributed by atoms with Crippen molar-refractivity contribution in [3.05, 3.63) is 253 Å². The van der Waals surface area contributed by atoms with E-state index < -0.39 is 5.41 Å². The fourth-order valence-electron chi connectivity index (χ4n) is 9.63. The SMILES string of the molecule is CC(C)(C)n1[cH+]n(-c2[c-]c(C(c3[c-]c4c(cc3)c3ccccc3n4-c3cc(-c4ccccc4-c4ccccc4)ccn3)(c3ccccc3)c3ccccc3)ccc2)c2ccccc21.[Pt]. The summed E-state index contributed by atoms with van der Waals surface area (Å²) in [6.07, 6.45) is 4.16. The van der Waals surface area contributed by atoms with Crippen LogP contribution in [0.25, 0.3) is 66.6 Å². The van der Waals surface area contributed by atoms with Gasteiger partial charge in [0.2, 0.25) is 0 Å². The van der Waals surface area contributed by atoms with Gasteiger partial charge in [0.05, 0.1) is 5.54 Å². The van der Waals surface area contributed by atoms with Crippen LogP contribution in [-0.2, 0) is 32.0 Å². The summed E-state index contributed by atoms with van der Waals surface area (Å²) in [5, 5.41) is 2.27. The molecule has 3 aromatic heterocycles. The molecule has 4 nitrogen and oxygen atoms in total. The van der Waals surface area contributed by atoms with E-state index in [0.29, 0.717) is 0 Å². The summed E-state index contributed by atoms with van der Waals surface area (Å²) in [5.74, 6) is 0.834. The van der Waals surface area contributed by atoms with Crippen molar-refractivity contribution in [2.24, 2.45) is 0 Å². The number of rotatable bonds is 8. The fraction of sp³-hybridized carbons (Fsp3) is 0.0847. The number of nitrogens with zero attached hydrogens (tertiary/aromatic N) is 4. The van der Waals surface area contributed by atoms with E-state index in [2.05, 4.69) is 259 Å². The van der Waals surface area contributed by atoms with Crippen molar-refractivity contribution >= 4 is 32.8 Å². The molecule has 11 rings (SSSR count). The summed E-state index contributed by atoms with van der Waals surface area (Å²) in [7, 11) is 0. The van der Waals surface area contributed by atoms with Crippen LogP contribution in [0.3, 0.4) is 0 Å². The van der Waals surface area contributed by atoms with Gasteiger partial charge in [-0.15, -0.1) is 22.6 Å². The number of aromatic nitrogens is 4. The molecule has 11 aromatic rings. The van der Waals surface area contributed by atoms with E-state index in [1.807, 2.05) is 6.20 Å². The van der Waals surface area contributed by atoms with Crippen LogP contribution in [0.5, 0.6) is 0 Å². The first kappa shape index (κ1) is 40.9. The quantitative estimate of drug-likeness (QED) is 0.110. The maximum Gasteiger partial charge on any atom is 0.188 e. The standard InChI is InChI=1S/C59H45N4.Pt/c1-58(2,3)62-41-61(54-32-17-18-33-55(54)62)48-27-19-26-46(39-48)59(44-22-9-5-10-23-44,45-24-11-6-12-25-45)47-34-35-52-51-30-15-16-31-53(51)63(56(52)40-47)57-38-43(36-37-60-57)50-29-14-13-28-49(50)42-20-7-4-8-21-42;/h4-38,41H,1-3H3;/q-1;. The van der Waals surface area contributed by atoms with Crippen LogP contribution in [0.2, 0.25) is 0 Å². The van der Waals surface area contributed by atoms with Gasteiger partial charge in [0.15, 0.2) is 17.4 Å². The number of fused-ring (bicyclic) bond motifs is 4. The minimum Gasteiger partial charge on any atom is -0.319 e. The van der Waals surface area contributed by atoms with Gasteiger partial charge in [0.25, 0.3) is 0 Å². The fourth-order valence-corrected chi connectivity index (χ4v) is 9.63. The summed E-state index contributed by atoms with van der Waals surface area (Å²) in [5.41, 5.74) is 13.3. The smallest absolute Gasteiger partial charge is 0.188 e. The van der Waals surface area contributed by atoms with Crippen LogP contribution in [-0.4, -0.2) is 18.7 Å². The third-order valence-electron chi connectivity index (χ3n) is 12.5. The van der Waals surface area contributed by atoms with E-state index in [9.17, 15) is 0 Å². The van der Waals surface area contributed by atoms with E-state index in [1.165, 1.54) is 16.6 Å². The predicted octanol–water partition coefficient (Wildman–Crippen LogP) is 14.3. The van der Waals surface area contributed by atoms with Crippen molar-refractivity contribution in [3.63, 3.8) is 0 Å². The van der Waals surface area contributed by atoms with Crippen molar-refractivity contribution in [2.45, 2.75) is 31.7 Å². The van der Waals surface area contributed by atoms with Crippen molar-refractivity contribution in [1.29, 1.82) is 0 Å². The van der Waals surface area contributed by atoms with Gasteiger partial charge in [-0.25, -0.2) is 14.1 Å². The van der Waals surface area contributed by atoms with Crippen molar-refractivity contribution in [1.82, 2.24) is 18.7 Å². The third-order valence-corrected chi connectivity index (χ3v) is 12.5. The molecule has 0 radical (unpaired) electrons. The number of hydrogen-bond donors (Lipinski definition) is 0. The largest absolute Gasteiger partial charge is 0.319 e. The van der Waals surface area contributed by atoms with E-state index >= 15 is 0 Å². The average Bonchev–Trinajstić information content (AvgIpc) is 3.90. The van der Waals surface area contributed by atoms with Gasteiger partial charge in [-0.3, -0.25) is 0 Å². The summed E-state index contributed by atoms with van der Waals surface area (Å²) < 4.78 is 6.93. The first-order valence-corrected chi connectivity index (χ1v) is 21.6. The molecule has 8 aromatic carbocycles. The summed E-state index contributed by atoms with van der Waals surface area (Å²) >= 11 is 0. The maximum atomic E-state index is 5.10. The van der Waals surface area contributed by atoms with Crippen LogP contribution in [0.15, 0.2) is 219 Å². The molecule has 0 saturated heterocycles. The van der Waals surface area contributed by atoms with Crippen LogP contribution >= 0.6 is 0 Å². The molecule has 0 aliphatic heterocycles. The Morgan fingerprint density at radius 3 is 1.75 bits per heavy atom. The Hall–Kier alpha value is -7.13. The number of para-hydroxylation sites is 3. The van der Waals surface area contributed by atoms with Gasteiger partial charge >= 0.3 is 0 Å². The van der Waals surface area contributed by atoms with Crippen LogP contribution in [0.1, 0.15) is 43.0 Å². The minimum absolute atomic E-state index is 0. The first-order chi connectivity index (χ1) is 30.9. The van der Waals surface area contributed by atoms with E-state index in [0.717, 1.165) is 72.2 Å². The topological polar surface area (TPSA) is 27.7 Å². The maximum absolute atomic E-state index is 5.10. The van der Waals surface area contributed by atoms with Crippen molar-refractivity contribution in [3.8, 4) is 33.8 Å². The number of imidazole rings is 1. The second-order valence-electron chi connectivity index (χ2n) is 17.2. The Kier molecular flexibility index (Phi) is 10.6. The predicted molar refractivity (Wildman–Crippen MR) is 260 cm³/mol. The Morgan fingerprint density at radius 2 is 1.06 bits per heavy atom. The Bertz CT molecular complexity index is 3390. The number of pyridine rings is 1. The molecule has 3 heterocycles. The zero-order chi connectivity index (χ0) is 42.5. The molecule has 0 bridgehead atoms. The number of benzene rings is 8. The van der Waals surface area contributed by atoms with Gasteiger partial charge in [-0.1, -0.05) is 145 Å². The van der Waals surface area contributed by atoms with Crippen LogP contribution < -0.4 is 0 Å². The molecule has 0 spiro atoms. The first-order valence-electron chi connectivity index (χ1n) is 21.6. The van der Waals surface area contributed by atoms with E-state index in [-0.39, 0.29) is 26.6 Å². The van der Waals surface area contributed by atoms with E-state index in [1.54, 1.807) is 0 Å². The molecule has 5 heteroatoms. The van der Waals surface area contributed by atoms with Gasteiger partial charge in [0, 0.05) is 56.0 Å². The molecule has 0 unspecified atom stereocenters. The van der Waals surface area contributed by atoms with Crippen molar-refractivity contribution < 1.29 is 21.1 Å². The molecule has 0 N–H and O–H groups in total. The number of hydrogen-bond acceptors (Lipinski definition) is 1. The Labute approximate surface area is 389 Å². The van der Waals surface area contributed by atoms with Gasteiger partial charge in [-0.05, 0) is 89.9 Å². The summed E-state index contributed by atoms with van der Waals surface area (Å²) in [4.78, 5) is 5.10. The van der Waals surface area contributed by atoms with Gasteiger partial charge in [-0.2, -0.15) is 30.3 Å². The molecular weight excluding hydrogens is 960 g/mol. The molecule has 0 aliphatic rings. The van der Waals surface area contributed by atoms with Crippen LogP contribution in [0, 0.1) is 12.1 Å². The second-order valence-corrected chi connectivity index (χ2v) is 17.2. The summed E-state index contributed by atoms with van der Waals surface area (Å²) in [6.45, 7) is 6.75. The average molecular weight is 1010 g/mol. The Morgan fingerprint density at radius 1 is 0.484 bits per heavy atom. The van der Waals surface area contributed by atoms with Gasteiger partial charge < -0.3 is 4.57 Å². The molecule has 0 fully saturated rings. The summed E-state index contributed by atoms with van der Waals surface area (Å²) in [6, 6.07) is 81.8. The van der Waals surface area contributed by atoms with E-state index in [4.69, 9.17) is 4.98 Å². The molecule has 0 saturated carbocycles. The molecule has 0 amide bonds. The van der Waals surface area contributed by atoms with Crippen LogP contribution in [0.4, 0.5) is 0 Å². The zero-order valence-electron chi connectivity index (χ0n) is 35.9. The molecule has 0 aliphatic carbocycles. The zero-order valence-corrected chi connectivity index (χ0v) is 38.2. The molecule has 0 atom stereocenters. The normalized spacial score (nSPS) is 11.9. The molecule has 312 valence electrons. The molecular formula is C59H45N4Pt-.